The topological polar surface area (TPSA) is 64.3 Å². The third-order valence-corrected chi connectivity index (χ3v) is 2.37. The molecule has 0 aromatic heterocycles. The zero-order valence-corrected chi connectivity index (χ0v) is 10.7. The summed E-state index contributed by atoms with van der Waals surface area (Å²) in [5.41, 5.74) is 6.47. The molecule has 0 heterocycles. The quantitative estimate of drug-likeness (QED) is 0.768. The third-order valence-electron chi connectivity index (χ3n) is 2.23. The summed E-state index contributed by atoms with van der Waals surface area (Å²) in [5, 5.41) is 2.52. The van der Waals surface area contributed by atoms with E-state index >= 15 is 0 Å². The maximum atomic E-state index is 11.3. The van der Waals surface area contributed by atoms with E-state index in [1.165, 1.54) is 0 Å². The molecule has 17 heavy (non-hydrogen) atoms. The Balaban J connectivity index is 2.62. The second-order valence-corrected chi connectivity index (χ2v) is 4.19. The zero-order chi connectivity index (χ0) is 12.8. The van der Waals surface area contributed by atoms with Gasteiger partial charge in [-0.3, -0.25) is 4.79 Å². The summed E-state index contributed by atoms with van der Waals surface area (Å²) in [7, 11) is 1.58. The maximum Gasteiger partial charge on any atom is 0.260 e. The van der Waals surface area contributed by atoms with Crippen molar-refractivity contribution in [3.8, 4) is 5.75 Å². The first kappa shape index (κ1) is 13.4. The van der Waals surface area contributed by atoms with Gasteiger partial charge in [-0.1, -0.05) is 24.4 Å². The highest BCUT2D eigenvalue weighted by molar-refractivity contribution is 7.80. The van der Waals surface area contributed by atoms with Crippen LogP contribution in [0.2, 0.25) is 0 Å². The van der Waals surface area contributed by atoms with E-state index in [0.717, 1.165) is 5.56 Å². The molecule has 4 nitrogen and oxygen atoms in total. The number of carbonyl (C=O) groups is 1. The Kier molecular flexibility index (Phi) is 4.90. The molecule has 1 aromatic rings. The van der Waals surface area contributed by atoms with Crippen molar-refractivity contribution in [1.29, 1.82) is 0 Å². The predicted molar refractivity (Wildman–Crippen MR) is 71.1 cm³/mol. The lowest BCUT2D eigenvalue weighted by molar-refractivity contribution is -0.126. The van der Waals surface area contributed by atoms with Gasteiger partial charge >= 0.3 is 0 Å². The second kappa shape index (κ2) is 6.20. The van der Waals surface area contributed by atoms with Crippen LogP contribution in [-0.4, -0.2) is 24.0 Å². The summed E-state index contributed by atoms with van der Waals surface area (Å²) < 4.78 is 5.45. The molecule has 0 bridgehead atoms. The Morgan fingerprint density at radius 3 is 2.53 bits per heavy atom. The Morgan fingerprint density at radius 2 is 2.06 bits per heavy atom. The van der Waals surface area contributed by atoms with Crippen LogP contribution in [0.15, 0.2) is 24.3 Å². The second-order valence-electron chi connectivity index (χ2n) is 3.66. The van der Waals surface area contributed by atoms with Crippen LogP contribution < -0.4 is 15.8 Å². The molecule has 92 valence electrons. The molecule has 0 spiro atoms. The molecule has 0 saturated carbocycles. The Morgan fingerprint density at radius 1 is 1.47 bits per heavy atom. The third kappa shape index (κ3) is 4.40. The van der Waals surface area contributed by atoms with Gasteiger partial charge in [0.15, 0.2) is 6.10 Å². The molecule has 0 saturated heterocycles. The molecular formula is C12H16N2O2S. The summed E-state index contributed by atoms with van der Waals surface area (Å²) in [4.78, 5) is 11.7. The SMILES string of the molecule is CNC(=O)C(C)Oc1ccc(CC(N)=S)cc1. The van der Waals surface area contributed by atoms with Gasteiger partial charge in [-0.05, 0) is 24.6 Å². The molecule has 0 aliphatic carbocycles. The van der Waals surface area contributed by atoms with Gasteiger partial charge in [0, 0.05) is 13.5 Å². The molecular weight excluding hydrogens is 236 g/mol. The van der Waals surface area contributed by atoms with Gasteiger partial charge in [-0.25, -0.2) is 0 Å². The average molecular weight is 252 g/mol. The van der Waals surface area contributed by atoms with Gasteiger partial charge in [0.1, 0.15) is 5.75 Å². The lowest BCUT2D eigenvalue weighted by Crippen LogP contribution is -2.33. The number of nitrogens with two attached hydrogens (primary N) is 1. The summed E-state index contributed by atoms with van der Waals surface area (Å²) in [6.45, 7) is 1.70. The molecule has 1 aromatic carbocycles. The lowest BCUT2D eigenvalue weighted by Gasteiger charge is -2.13. The number of likely N-dealkylation sites (N-methyl/N-ethyl adjacent to an activating group) is 1. The van der Waals surface area contributed by atoms with Gasteiger partial charge in [0.05, 0.1) is 4.99 Å². The first-order valence-electron chi connectivity index (χ1n) is 5.28. The summed E-state index contributed by atoms with van der Waals surface area (Å²) in [5.74, 6) is 0.491. The van der Waals surface area contributed by atoms with E-state index in [1.807, 2.05) is 12.1 Å². The zero-order valence-electron chi connectivity index (χ0n) is 9.90. The number of benzene rings is 1. The van der Waals surface area contributed by atoms with Crippen molar-refractivity contribution < 1.29 is 9.53 Å². The number of nitrogens with one attached hydrogen (secondary N) is 1. The molecule has 0 aliphatic heterocycles. The van der Waals surface area contributed by atoms with Crippen LogP contribution in [0.4, 0.5) is 0 Å². The van der Waals surface area contributed by atoms with Crippen molar-refractivity contribution in [2.75, 3.05) is 7.05 Å². The number of hydrogen-bond acceptors (Lipinski definition) is 3. The fourth-order valence-corrected chi connectivity index (χ4v) is 1.51. The molecule has 0 fully saturated rings. The van der Waals surface area contributed by atoms with Crippen molar-refractivity contribution in [2.45, 2.75) is 19.4 Å². The van der Waals surface area contributed by atoms with Crippen molar-refractivity contribution in [1.82, 2.24) is 5.32 Å². The first-order valence-corrected chi connectivity index (χ1v) is 5.69. The standard InChI is InChI=1S/C12H16N2O2S/c1-8(12(15)14-2)16-10-5-3-9(4-6-10)7-11(13)17/h3-6,8H,7H2,1-2H3,(H2,13,17)(H,14,15). The number of rotatable bonds is 5. The summed E-state index contributed by atoms with van der Waals surface area (Å²) in [6, 6.07) is 7.36. The van der Waals surface area contributed by atoms with E-state index in [1.54, 1.807) is 26.1 Å². The van der Waals surface area contributed by atoms with Crippen molar-refractivity contribution in [3.05, 3.63) is 29.8 Å². The van der Waals surface area contributed by atoms with Gasteiger partial charge in [-0.2, -0.15) is 0 Å². The van der Waals surface area contributed by atoms with E-state index in [-0.39, 0.29) is 5.91 Å². The summed E-state index contributed by atoms with van der Waals surface area (Å²) >= 11 is 4.82. The van der Waals surface area contributed by atoms with E-state index in [0.29, 0.717) is 17.2 Å². The van der Waals surface area contributed by atoms with Crippen LogP contribution in [0, 0.1) is 0 Å². The Hall–Kier alpha value is -1.62. The van der Waals surface area contributed by atoms with Crippen LogP contribution >= 0.6 is 12.2 Å². The Bertz CT molecular complexity index is 403. The van der Waals surface area contributed by atoms with Crippen LogP contribution in [0.3, 0.4) is 0 Å². The van der Waals surface area contributed by atoms with Gasteiger partial charge in [0.25, 0.3) is 5.91 Å². The van der Waals surface area contributed by atoms with Crippen molar-refractivity contribution in [3.63, 3.8) is 0 Å². The minimum Gasteiger partial charge on any atom is -0.481 e. The molecule has 1 amide bonds. The fraction of sp³-hybridized carbons (Fsp3) is 0.333. The first-order chi connectivity index (χ1) is 8.02. The summed E-state index contributed by atoms with van der Waals surface area (Å²) in [6.07, 6.45) is 0.0575. The maximum absolute atomic E-state index is 11.3. The molecule has 1 rings (SSSR count). The normalized spacial score (nSPS) is 11.6. The van der Waals surface area contributed by atoms with E-state index in [2.05, 4.69) is 5.32 Å². The van der Waals surface area contributed by atoms with Crippen LogP contribution in [0.5, 0.6) is 5.75 Å². The average Bonchev–Trinajstić information content (AvgIpc) is 2.30. The van der Waals surface area contributed by atoms with Crippen molar-refractivity contribution in [2.24, 2.45) is 5.73 Å². The minimum absolute atomic E-state index is 0.155. The molecule has 3 N–H and O–H groups in total. The smallest absolute Gasteiger partial charge is 0.260 e. The molecule has 0 radical (unpaired) electrons. The van der Waals surface area contributed by atoms with E-state index in [9.17, 15) is 4.79 Å². The number of carbonyl (C=O) groups excluding carboxylic acids is 1. The van der Waals surface area contributed by atoms with Gasteiger partial charge in [-0.15, -0.1) is 0 Å². The monoisotopic (exact) mass is 252 g/mol. The highest BCUT2D eigenvalue weighted by Gasteiger charge is 2.12. The van der Waals surface area contributed by atoms with E-state index < -0.39 is 6.10 Å². The van der Waals surface area contributed by atoms with E-state index in [4.69, 9.17) is 22.7 Å². The van der Waals surface area contributed by atoms with Crippen LogP contribution in [0.1, 0.15) is 12.5 Å². The van der Waals surface area contributed by atoms with Crippen LogP contribution in [-0.2, 0) is 11.2 Å². The van der Waals surface area contributed by atoms with Crippen LogP contribution in [0.25, 0.3) is 0 Å². The molecule has 1 unspecified atom stereocenters. The largest absolute Gasteiger partial charge is 0.481 e. The molecule has 0 aliphatic rings. The Labute approximate surface area is 106 Å². The number of amides is 1. The van der Waals surface area contributed by atoms with Gasteiger partial charge < -0.3 is 15.8 Å². The number of hydrogen-bond donors (Lipinski definition) is 2. The predicted octanol–water partition coefficient (Wildman–Crippen LogP) is 1.03. The number of ether oxygens (including phenoxy) is 1. The number of thiocarbonyl (C=S) groups is 1. The van der Waals surface area contributed by atoms with Gasteiger partial charge in [0.2, 0.25) is 0 Å². The lowest BCUT2D eigenvalue weighted by atomic mass is 10.1. The van der Waals surface area contributed by atoms with Crippen molar-refractivity contribution >= 4 is 23.1 Å². The molecule has 5 heteroatoms. The fourth-order valence-electron chi connectivity index (χ4n) is 1.35. The minimum atomic E-state index is -0.513. The highest BCUT2D eigenvalue weighted by Crippen LogP contribution is 2.14. The highest BCUT2D eigenvalue weighted by atomic mass is 32.1. The molecule has 1 atom stereocenters.